The molecule has 0 aliphatic rings. The number of rotatable bonds is 28. The van der Waals surface area contributed by atoms with Crippen LogP contribution in [0.15, 0.2) is 25.0 Å². The molecule has 25 N–H and O–H groups in total. The summed E-state index contributed by atoms with van der Waals surface area (Å²) in [5.74, 6) is -0.529. The Morgan fingerprint density at radius 3 is 1.51 bits per heavy atom. The van der Waals surface area contributed by atoms with Crippen LogP contribution in [0, 0.1) is 0 Å². The molecule has 0 aromatic heterocycles. The standard InChI is InChI=1S/C10H20N4O3.C8H20N4.C7H16N4O.C7H15N3O2.C6H13N3O/c1-7(3-2-6-13-10(11)12)14-8(15)4-5-9(16)17;1-7(9)4-3-5-12-8(10)6-11-2;1-6(8)3-2-4-10-7(9)11-5-12;1-5(8)10-4-2-3-6(9)7(11)12;1-5(10)3-2-4-9-6(7)8/h7H,2-6H2,1H3,(H,14,15)(H,16,17)(H4,11,12,13);7,11H,3-6,9H2,1-2H3,(H2,10,12);5-6H,2-4,8H2,1H3,(H3,9,10,11,12);6H,2-4,9H2,1H3,(H2,8,10)(H,11,12);2-4H2,1H3,(H4,7,8,9). The number of carbonyl (C=O) groups excluding carboxylic acids is 3. The second-order valence-electron chi connectivity index (χ2n) is 14.2. The number of aliphatic imine (C=N–C) groups is 5. The van der Waals surface area contributed by atoms with E-state index in [-0.39, 0.29) is 60.5 Å². The van der Waals surface area contributed by atoms with Crippen molar-refractivity contribution in [1.82, 2.24) is 16.0 Å². The van der Waals surface area contributed by atoms with Crippen LogP contribution in [0.4, 0.5) is 0 Å². The number of guanidine groups is 3. The fourth-order valence-electron chi connectivity index (χ4n) is 4.06. The average molecular weight is 905 g/mol. The molecule has 0 aliphatic carbocycles. The molecular formula is C38H84N18O7. The highest BCUT2D eigenvalue weighted by atomic mass is 16.4. The van der Waals surface area contributed by atoms with Crippen LogP contribution in [0.25, 0.3) is 0 Å². The van der Waals surface area contributed by atoms with E-state index < -0.39 is 18.0 Å². The van der Waals surface area contributed by atoms with Crippen molar-refractivity contribution in [2.45, 2.75) is 136 Å². The number of Topliss-reactive ketones (excluding diaryl/α,β-unsaturated/α-hetero) is 1. The molecule has 0 saturated carbocycles. The van der Waals surface area contributed by atoms with Crippen molar-refractivity contribution in [3.05, 3.63) is 0 Å². The molecule has 25 nitrogen and oxygen atoms in total. The van der Waals surface area contributed by atoms with E-state index in [1.165, 1.54) is 0 Å². The number of hydrogen-bond donors (Lipinski definition) is 15. The first-order chi connectivity index (χ1) is 29.4. The van der Waals surface area contributed by atoms with Crippen molar-refractivity contribution in [1.29, 1.82) is 0 Å². The van der Waals surface area contributed by atoms with Gasteiger partial charge in [0.25, 0.3) is 0 Å². The van der Waals surface area contributed by atoms with Crippen LogP contribution >= 0.6 is 0 Å². The number of carboxylic acid groups (broad SMARTS) is 2. The molecular weight excluding hydrogens is 821 g/mol. The summed E-state index contributed by atoms with van der Waals surface area (Å²) in [6.07, 6.45) is 8.08. The number of hydrogen-bond acceptors (Lipinski definition) is 14. The predicted molar refractivity (Wildman–Crippen MR) is 254 cm³/mol. The Balaban J connectivity index is -0.000000225. The second-order valence-corrected chi connectivity index (χ2v) is 14.2. The molecule has 0 bridgehead atoms. The third-order valence-corrected chi connectivity index (χ3v) is 7.19. The molecule has 0 aromatic rings. The molecule has 25 heteroatoms. The molecule has 0 aromatic carbocycles. The van der Waals surface area contributed by atoms with Crippen molar-refractivity contribution >= 4 is 59.6 Å². The third kappa shape index (κ3) is 71.2. The van der Waals surface area contributed by atoms with Crippen molar-refractivity contribution in [3.63, 3.8) is 0 Å². The van der Waals surface area contributed by atoms with Gasteiger partial charge in [-0.3, -0.25) is 49.5 Å². The molecule has 0 saturated heterocycles. The van der Waals surface area contributed by atoms with E-state index in [2.05, 4.69) is 40.9 Å². The normalized spacial score (nSPS) is 12.7. The average Bonchev–Trinajstić information content (AvgIpc) is 3.17. The third-order valence-electron chi connectivity index (χ3n) is 7.19. The van der Waals surface area contributed by atoms with Crippen molar-refractivity contribution in [2.24, 2.45) is 82.3 Å². The Hall–Kier alpha value is -5.66. The first-order valence-corrected chi connectivity index (χ1v) is 20.7. The van der Waals surface area contributed by atoms with Gasteiger partial charge in [-0.25, -0.2) is 0 Å². The minimum atomic E-state index is -0.972. The second kappa shape index (κ2) is 47.4. The summed E-state index contributed by atoms with van der Waals surface area (Å²) in [7, 11) is 1.85. The first-order valence-electron chi connectivity index (χ1n) is 20.7. The summed E-state index contributed by atoms with van der Waals surface area (Å²) < 4.78 is 0. The van der Waals surface area contributed by atoms with E-state index in [0.717, 1.165) is 51.5 Å². The maximum atomic E-state index is 11.3. The number of nitrogens with zero attached hydrogens (tertiary/aromatic N) is 5. The minimum Gasteiger partial charge on any atom is -0.481 e. The predicted octanol–water partition coefficient (Wildman–Crippen LogP) is -2.54. The molecule has 63 heavy (non-hydrogen) atoms. The number of ketones is 1. The van der Waals surface area contributed by atoms with Gasteiger partial charge in [0.15, 0.2) is 17.9 Å². The molecule has 0 radical (unpaired) electrons. The largest absolute Gasteiger partial charge is 0.481 e. The lowest BCUT2D eigenvalue weighted by molar-refractivity contribution is -0.139. The highest BCUT2D eigenvalue weighted by Crippen LogP contribution is 1.99. The maximum absolute atomic E-state index is 11.3. The van der Waals surface area contributed by atoms with E-state index in [0.29, 0.717) is 70.1 Å². The fourth-order valence-corrected chi connectivity index (χ4v) is 4.06. The van der Waals surface area contributed by atoms with Crippen LogP contribution in [-0.4, -0.2) is 140 Å². The Bertz CT molecular complexity index is 1350. The highest BCUT2D eigenvalue weighted by molar-refractivity contribution is 5.87. The van der Waals surface area contributed by atoms with Gasteiger partial charge in [0.05, 0.1) is 18.8 Å². The molecule has 4 atom stereocenters. The summed E-state index contributed by atoms with van der Waals surface area (Å²) in [5, 5.41) is 24.7. The summed E-state index contributed by atoms with van der Waals surface area (Å²) in [4.78, 5) is 71.5. The van der Waals surface area contributed by atoms with Crippen molar-refractivity contribution in [2.75, 3.05) is 46.3 Å². The maximum Gasteiger partial charge on any atom is 0.320 e. The topological polar surface area (TPSA) is 484 Å². The number of likely N-dealkylation sites (N-methyl/N-ethyl adjacent to an activating group) is 1. The number of nitrogens with two attached hydrogens (primary N) is 10. The number of aliphatic carboxylic acids is 2. The lowest BCUT2D eigenvalue weighted by Crippen LogP contribution is -2.32. The van der Waals surface area contributed by atoms with E-state index in [4.69, 9.17) is 67.5 Å². The smallest absolute Gasteiger partial charge is 0.320 e. The van der Waals surface area contributed by atoms with Crippen LogP contribution in [0.1, 0.15) is 112 Å². The molecule has 0 aliphatic heterocycles. The summed E-state index contributed by atoms with van der Waals surface area (Å²) >= 11 is 0. The van der Waals surface area contributed by atoms with E-state index in [9.17, 15) is 24.0 Å². The molecule has 2 amide bonds. The summed E-state index contributed by atoms with van der Waals surface area (Å²) in [6, 6.07) is -0.324. The summed E-state index contributed by atoms with van der Waals surface area (Å²) in [6.45, 7) is 12.7. The summed E-state index contributed by atoms with van der Waals surface area (Å²) in [5.41, 5.74) is 52.9. The van der Waals surface area contributed by atoms with Gasteiger partial charge < -0.3 is 83.0 Å². The van der Waals surface area contributed by atoms with Gasteiger partial charge in [-0.2, -0.15) is 0 Å². The zero-order chi connectivity index (χ0) is 49.6. The number of carboxylic acids is 2. The van der Waals surface area contributed by atoms with Crippen molar-refractivity contribution < 1.29 is 34.2 Å². The first kappa shape index (κ1) is 66.4. The lowest BCUT2D eigenvalue weighted by atomic mass is 10.1. The zero-order valence-corrected chi connectivity index (χ0v) is 38.6. The van der Waals surface area contributed by atoms with Crippen molar-refractivity contribution in [3.8, 4) is 0 Å². The molecule has 0 rings (SSSR count). The number of carbonyl (C=O) groups is 5. The lowest BCUT2D eigenvalue weighted by Gasteiger charge is -2.12. The van der Waals surface area contributed by atoms with Crippen LogP contribution in [0.5, 0.6) is 0 Å². The van der Waals surface area contributed by atoms with E-state index in [1.54, 1.807) is 13.8 Å². The van der Waals surface area contributed by atoms with Gasteiger partial charge >= 0.3 is 11.9 Å². The van der Waals surface area contributed by atoms with Gasteiger partial charge in [0, 0.05) is 63.7 Å². The van der Waals surface area contributed by atoms with Crippen LogP contribution < -0.4 is 73.3 Å². The zero-order valence-electron chi connectivity index (χ0n) is 38.6. The monoisotopic (exact) mass is 905 g/mol. The van der Waals surface area contributed by atoms with Gasteiger partial charge in [0.1, 0.15) is 17.7 Å². The van der Waals surface area contributed by atoms with Gasteiger partial charge in [-0.1, -0.05) is 0 Å². The number of amides is 2. The van der Waals surface area contributed by atoms with Gasteiger partial charge in [0.2, 0.25) is 12.3 Å². The Morgan fingerprint density at radius 1 is 0.619 bits per heavy atom. The Kier molecular flexibility index (Phi) is 50.0. The Morgan fingerprint density at radius 2 is 1.08 bits per heavy atom. The number of nitrogens with one attached hydrogen (secondary N) is 3. The van der Waals surface area contributed by atoms with Gasteiger partial charge in [-0.05, 0) is 99.5 Å². The minimum absolute atomic E-state index is 0.00751. The molecule has 368 valence electrons. The van der Waals surface area contributed by atoms with Crippen LogP contribution in [-0.2, 0) is 24.0 Å². The van der Waals surface area contributed by atoms with Crippen LogP contribution in [0.2, 0.25) is 0 Å². The molecule has 0 spiro atoms. The van der Waals surface area contributed by atoms with E-state index in [1.807, 2.05) is 27.8 Å². The molecule has 0 heterocycles. The van der Waals surface area contributed by atoms with Crippen LogP contribution in [0.3, 0.4) is 0 Å². The molecule has 0 fully saturated rings. The highest BCUT2D eigenvalue weighted by Gasteiger charge is 2.10. The molecule has 4 unspecified atom stereocenters. The fraction of sp³-hybridized carbons (Fsp3) is 0.737. The quantitative estimate of drug-likeness (QED) is 0.0166. The van der Waals surface area contributed by atoms with Gasteiger partial charge in [-0.15, -0.1) is 0 Å². The Labute approximate surface area is 373 Å². The van der Waals surface area contributed by atoms with E-state index >= 15 is 0 Å². The number of amidine groups is 2. The SMILES string of the molecule is CC(=O)CCCN=C(N)N.CC(CCCN=C(N)N)NC(=O)CCC(=O)O.CC(N)=NCCCC(N)C(=O)O.CC(N)CCCN=C(N)NC=O.CNCC(N)=NCCCC(C)N.